The Hall–Kier alpha value is -5.11. The number of aliphatic carboxylic acids is 2. The Bertz CT molecular complexity index is 1510. The van der Waals surface area contributed by atoms with Crippen LogP contribution in [0, 0.1) is 0 Å². The number of nitrogens with zero attached hydrogens (tertiary/aromatic N) is 3. The predicted octanol–water partition coefficient (Wildman–Crippen LogP) is 0.706. The number of amides is 1. The third-order valence-corrected chi connectivity index (χ3v) is 7.07. The molecule has 2 heterocycles. The first kappa shape index (κ1) is 29.9. The molecule has 0 unspecified atom stereocenters. The van der Waals surface area contributed by atoms with E-state index in [1.807, 2.05) is 36.2 Å². The second kappa shape index (κ2) is 13.0. The van der Waals surface area contributed by atoms with Gasteiger partial charge in [-0.05, 0) is 61.3 Å². The molecular weight excluding hydrogens is 544 g/mol. The number of nitrogen functional groups attached to an aromatic ring is 1. The van der Waals surface area contributed by atoms with Gasteiger partial charge < -0.3 is 42.5 Å². The highest BCUT2D eigenvalue weighted by molar-refractivity contribution is 5.97. The highest BCUT2D eigenvalue weighted by Gasteiger charge is 2.29. The van der Waals surface area contributed by atoms with Gasteiger partial charge in [0.25, 0.3) is 11.5 Å². The Labute approximate surface area is 241 Å². The zero-order valence-electron chi connectivity index (χ0n) is 23.0. The number of aromatic nitrogens is 2. The van der Waals surface area contributed by atoms with Crippen LogP contribution in [0.1, 0.15) is 28.8 Å². The number of rotatable bonds is 12. The summed E-state index contributed by atoms with van der Waals surface area (Å²) in [6.45, 7) is 1.49. The van der Waals surface area contributed by atoms with Gasteiger partial charge in [0.15, 0.2) is 0 Å². The number of carbonyl (C=O) groups excluding carboxylic acids is 1. The van der Waals surface area contributed by atoms with Crippen LogP contribution in [0.15, 0.2) is 53.3 Å². The molecule has 0 saturated heterocycles. The van der Waals surface area contributed by atoms with Crippen LogP contribution in [0.25, 0.3) is 5.69 Å². The van der Waals surface area contributed by atoms with Crippen molar-refractivity contribution in [3.05, 3.63) is 70.0 Å². The van der Waals surface area contributed by atoms with Gasteiger partial charge >= 0.3 is 11.9 Å². The monoisotopic (exact) mass is 578 g/mol. The van der Waals surface area contributed by atoms with Crippen molar-refractivity contribution in [1.29, 1.82) is 0 Å². The van der Waals surface area contributed by atoms with Crippen LogP contribution in [0.5, 0.6) is 0 Å². The first-order valence-corrected chi connectivity index (χ1v) is 13.4. The minimum Gasteiger partial charge on any atom is -0.481 e. The van der Waals surface area contributed by atoms with E-state index >= 15 is 0 Å². The summed E-state index contributed by atoms with van der Waals surface area (Å²) in [6, 6.07) is 12.7. The van der Waals surface area contributed by atoms with E-state index in [1.165, 1.54) is 12.1 Å². The van der Waals surface area contributed by atoms with Crippen LogP contribution in [0.4, 0.5) is 23.1 Å². The summed E-state index contributed by atoms with van der Waals surface area (Å²) >= 11 is 0. The molecule has 4 rings (SSSR count). The quantitative estimate of drug-likeness (QED) is 0.158. The SMILES string of the molecule is CN1c2c(n(-c3ccc(CCN)cc3)c(N)nc2=O)NC[C@@H]1CNc1ccc(C(=O)N[C@@H](CCC(=O)O)C(=O)O)cc1. The zero-order valence-corrected chi connectivity index (χ0v) is 23.0. The van der Waals surface area contributed by atoms with Crippen LogP contribution in [-0.4, -0.2) is 76.4 Å². The minimum atomic E-state index is -1.31. The molecule has 222 valence electrons. The highest BCUT2D eigenvalue weighted by atomic mass is 16.4. The number of nitrogens with two attached hydrogens (primary N) is 2. The molecule has 3 aromatic rings. The lowest BCUT2D eigenvalue weighted by Crippen LogP contribution is -2.49. The number of hydrogen-bond acceptors (Lipinski definition) is 10. The Morgan fingerprint density at radius 3 is 2.43 bits per heavy atom. The van der Waals surface area contributed by atoms with Crippen molar-refractivity contribution in [2.24, 2.45) is 5.73 Å². The van der Waals surface area contributed by atoms with Gasteiger partial charge in [0, 0.05) is 37.8 Å². The zero-order chi connectivity index (χ0) is 30.4. The summed E-state index contributed by atoms with van der Waals surface area (Å²) in [5.41, 5.74) is 14.5. The predicted molar refractivity (Wildman–Crippen MR) is 158 cm³/mol. The molecule has 2 aromatic carbocycles. The fourth-order valence-corrected chi connectivity index (χ4v) is 4.73. The van der Waals surface area contributed by atoms with E-state index in [9.17, 15) is 24.3 Å². The number of fused-ring (bicyclic) bond motifs is 1. The molecule has 0 aliphatic carbocycles. The van der Waals surface area contributed by atoms with Crippen molar-refractivity contribution in [1.82, 2.24) is 14.9 Å². The van der Waals surface area contributed by atoms with Gasteiger partial charge in [-0.2, -0.15) is 4.98 Å². The average Bonchev–Trinajstić information content (AvgIpc) is 2.95. The van der Waals surface area contributed by atoms with Crippen molar-refractivity contribution in [2.45, 2.75) is 31.3 Å². The molecule has 14 nitrogen and oxygen atoms in total. The molecule has 0 bridgehead atoms. The molecule has 0 radical (unpaired) electrons. The number of hydrogen-bond donors (Lipinski definition) is 7. The summed E-state index contributed by atoms with van der Waals surface area (Å²) in [6.07, 6.45) is 0.146. The minimum absolute atomic E-state index is 0.0727. The van der Waals surface area contributed by atoms with Gasteiger partial charge in [-0.15, -0.1) is 0 Å². The largest absolute Gasteiger partial charge is 0.481 e. The molecule has 2 atom stereocenters. The maximum Gasteiger partial charge on any atom is 0.326 e. The number of carboxylic acids is 2. The molecule has 0 saturated carbocycles. The maximum atomic E-state index is 12.9. The van der Waals surface area contributed by atoms with Gasteiger partial charge in [-0.25, -0.2) is 4.79 Å². The van der Waals surface area contributed by atoms with E-state index < -0.39 is 29.4 Å². The molecule has 9 N–H and O–H groups in total. The van der Waals surface area contributed by atoms with E-state index in [-0.39, 0.29) is 30.4 Å². The summed E-state index contributed by atoms with van der Waals surface area (Å²) in [5.74, 6) is -2.45. The van der Waals surface area contributed by atoms with Crippen molar-refractivity contribution < 1.29 is 24.6 Å². The van der Waals surface area contributed by atoms with Crippen LogP contribution >= 0.6 is 0 Å². The third-order valence-electron chi connectivity index (χ3n) is 7.07. The van der Waals surface area contributed by atoms with Crippen molar-refractivity contribution in [3.63, 3.8) is 0 Å². The summed E-state index contributed by atoms with van der Waals surface area (Å²) in [5, 5.41) is 27.1. The molecule has 0 fully saturated rings. The molecule has 1 aromatic heterocycles. The van der Waals surface area contributed by atoms with E-state index in [0.717, 1.165) is 17.7 Å². The lowest BCUT2D eigenvalue weighted by Gasteiger charge is -2.37. The Morgan fingerprint density at radius 1 is 1.12 bits per heavy atom. The number of likely N-dealkylation sites (N-methyl/N-ethyl adjacent to an activating group) is 1. The normalized spacial score (nSPS) is 14.8. The van der Waals surface area contributed by atoms with Gasteiger partial charge in [0.05, 0.1) is 11.7 Å². The van der Waals surface area contributed by atoms with Crippen molar-refractivity contribution in [3.8, 4) is 5.69 Å². The molecule has 1 aliphatic rings. The Morgan fingerprint density at radius 2 is 1.81 bits per heavy atom. The second-order valence-electron chi connectivity index (χ2n) is 9.91. The molecule has 14 heteroatoms. The van der Waals surface area contributed by atoms with Gasteiger partial charge in [-0.1, -0.05) is 12.1 Å². The van der Waals surface area contributed by atoms with Crippen LogP contribution in [0.3, 0.4) is 0 Å². The van der Waals surface area contributed by atoms with E-state index in [2.05, 4.69) is 20.9 Å². The summed E-state index contributed by atoms with van der Waals surface area (Å²) < 4.78 is 1.71. The number of carboxylic acid groups (broad SMARTS) is 2. The van der Waals surface area contributed by atoms with Crippen LogP contribution < -0.4 is 37.9 Å². The topological polar surface area (TPSA) is 218 Å². The second-order valence-corrected chi connectivity index (χ2v) is 9.91. The molecular formula is C28H34N8O6. The maximum absolute atomic E-state index is 12.9. The molecule has 0 spiro atoms. The molecule has 1 aliphatic heterocycles. The first-order chi connectivity index (χ1) is 20.1. The summed E-state index contributed by atoms with van der Waals surface area (Å²) in [4.78, 5) is 53.5. The Balaban J connectivity index is 1.43. The van der Waals surface area contributed by atoms with Crippen molar-refractivity contribution >= 4 is 41.0 Å². The smallest absolute Gasteiger partial charge is 0.326 e. The molecule has 1 amide bonds. The van der Waals surface area contributed by atoms with Gasteiger partial charge in [0.2, 0.25) is 5.95 Å². The average molecular weight is 579 g/mol. The van der Waals surface area contributed by atoms with E-state index in [0.29, 0.717) is 36.8 Å². The number of anilines is 4. The fraction of sp³-hybridized carbons (Fsp3) is 0.321. The van der Waals surface area contributed by atoms with E-state index in [1.54, 1.807) is 16.7 Å². The third kappa shape index (κ3) is 6.78. The van der Waals surface area contributed by atoms with Crippen LogP contribution in [-0.2, 0) is 16.0 Å². The number of carbonyl (C=O) groups is 3. The van der Waals surface area contributed by atoms with Crippen LogP contribution in [0.2, 0.25) is 0 Å². The van der Waals surface area contributed by atoms with Crippen molar-refractivity contribution in [2.75, 3.05) is 47.9 Å². The fourth-order valence-electron chi connectivity index (χ4n) is 4.73. The first-order valence-electron chi connectivity index (χ1n) is 13.4. The van der Waals surface area contributed by atoms with Gasteiger partial charge in [-0.3, -0.25) is 19.0 Å². The Kier molecular flexibility index (Phi) is 9.27. The standard InChI is InChI=1S/C28H34N8O6/c1-35-20(14-31-18-6-4-17(5-7-18)25(39)33-21(27(41)42)10-11-22(37)38)15-32-24-23(35)26(40)34-28(30)36(24)19-8-2-16(3-9-19)12-13-29/h2-9,20-21,31-32H,10-15,29H2,1H3,(H,33,39)(H,37,38)(H,41,42)(H2,30,34,40)/t20-,21-/m0/s1. The lowest BCUT2D eigenvalue weighted by molar-refractivity contribution is -0.140. The highest BCUT2D eigenvalue weighted by Crippen LogP contribution is 2.31. The van der Waals surface area contributed by atoms with E-state index in [4.69, 9.17) is 16.6 Å². The summed E-state index contributed by atoms with van der Waals surface area (Å²) in [7, 11) is 1.82. The number of nitrogens with one attached hydrogen (secondary N) is 3. The molecule has 42 heavy (non-hydrogen) atoms. The number of benzene rings is 2. The van der Waals surface area contributed by atoms with Gasteiger partial charge in [0.1, 0.15) is 17.5 Å². The lowest BCUT2D eigenvalue weighted by atomic mass is 10.1.